The quantitative estimate of drug-likeness (QED) is 0.324. The highest BCUT2D eigenvalue weighted by molar-refractivity contribution is 6.31. The van der Waals surface area contributed by atoms with Gasteiger partial charge in [-0.1, -0.05) is 51.8 Å². The van der Waals surface area contributed by atoms with E-state index in [4.69, 9.17) is 21.1 Å². The summed E-state index contributed by atoms with van der Waals surface area (Å²) in [5.74, 6) is -0.839. The predicted octanol–water partition coefficient (Wildman–Crippen LogP) is 6.63. The van der Waals surface area contributed by atoms with Crippen molar-refractivity contribution in [1.29, 1.82) is 0 Å². The second-order valence-electron chi connectivity index (χ2n) is 7.97. The Morgan fingerprint density at radius 3 is 2.41 bits per heavy atom. The molecule has 0 saturated carbocycles. The Labute approximate surface area is 176 Å². The van der Waals surface area contributed by atoms with Crippen LogP contribution in [0.5, 0.6) is 5.75 Å². The number of ether oxygens (including phenoxy) is 2. The minimum atomic E-state index is -1.09. The fourth-order valence-electron chi connectivity index (χ4n) is 2.94. The van der Waals surface area contributed by atoms with Crippen LogP contribution in [0, 0.1) is 6.92 Å². The van der Waals surface area contributed by atoms with Crippen molar-refractivity contribution in [3.63, 3.8) is 0 Å². The number of hydrogen-bond donors (Lipinski definition) is 1. The van der Waals surface area contributed by atoms with Crippen molar-refractivity contribution in [3.05, 3.63) is 52.0 Å². The van der Waals surface area contributed by atoms with Crippen LogP contribution in [0.2, 0.25) is 5.02 Å². The highest BCUT2D eigenvalue weighted by atomic mass is 35.5. The van der Waals surface area contributed by atoms with E-state index in [9.17, 15) is 14.7 Å². The molecular weight excluding hydrogens is 392 g/mol. The molecule has 29 heavy (non-hydrogen) atoms. The highest BCUT2D eigenvalue weighted by Gasteiger charge is 2.24. The van der Waals surface area contributed by atoms with Gasteiger partial charge in [0.05, 0.1) is 12.2 Å². The average Bonchev–Trinajstić information content (AvgIpc) is 2.60. The third kappa shape index (κ3) is 5.73. The van der Waals surface area contributed by atoms with E-state index in [-0.39, 0.29) is 23.3 Å². The van der Waals surface area contributed by atoms with E-state index in [1.54, 1.807) is 12.1 Å². The lowest BCUT2D eigenvalue weighted by molar-refractivity contribution is 0.0697. The van der Waals surface area contributed by atoms with Crippen molar-refractivity contribution in [2.45, 2.75) is 52.9 Å². The number of hydrogen-bond acceptors (Lipinski definition) is 4. The largest absolute Gasteiger partial charge is 0.513 e. The first kappa shape index (κ1) is 22.8. The average molecular weight is 419 g/mol. The van der Waals surface area contributed by atoms with Crippen molar-refractivity contribution in [2.24, 2.45) is 0 Å². The highest BCUT2D eigenvalue weighted by Crippen LogP contribution is 2.40. The Kier molecular flexibility index (Phi) is 7.31. The normalized spacial score (nSPS) is 11.2. The lowest BCUT2D eigenvalue weighted by Crippen LogP contribution is -2.16. The van der Waals surface area contributed by atoms with Gasteiger partial charge in [0.25, 0.3) is 0 Å². The fraction of sp³-hybridized carbons (Fsp3) is 0.391. The van der Waals surface area contributed by atoms with E-state index in [2.05, 4.69) is 0 Å². The van der Waals surface area contributed by atoms with Gasteiger partial charge in [0.15, 0.2) is 0 Å². The van der Waals surface area contributed by atoms with Crippen LogP contribution in [0.3, 0.4) is 0 Å². The first-order valence-corrected chi connectivity index (χ1v) is 9.95. The summed E-state index contributed by atoms with van der Waals surface area (Å²) in [6.45, 7) is 10.3. The molecule has 0 aliphatic heterocycles. The van der Waals surface area contributed by atoms with E-state index in [1.165, 1.54) is 12.1 Å². The van der Waals surface area contributed by atoms with Crippen LogP contribution in [-0.2, 0) is 10.2 Å². The van der Waals surface area contributed by atoms with E-state index >= 15 is 0 Å². The number of carboxylic acid groups (broad SMARTS) is 1. The molecule has 6 heteroatoms. The zero-order chi connectivity index (χ0) is 21.8. The molecule has 0 aromatic heterocycles. The molecule has 0 saturated heterocycles. The minimum Gasteiger partial charge on any atom is -0.478 e. The monoisotopic (exact) mass is 418 g/mol. The molecule has 0 radical (unpaired) electrons. The van der Waals surface area contributed by atoms with Gasteiger partial charge in [-0.25, -0.2) is 9.59 Å². The molecular formula is C23H27ClO5. The van der Waals surface area contributed by atoms with Gasteiger partial charge in [-0.2, -0.15) is 0 Å². The van der Waals surface area contributed by atoms with Crippen LogP contribution >= 0.6 is 11.6 Å². The molecule has 2 rings (SSSR count). The number of aryl methyl sites for hydroxylation is 1. The van der Waals surface area contributed by atoms with Crippen molar-refractivity contribution >= 4 is 23.7 Å². The molecule has 0 aliphatic carbocycles. The fourth-order valence-corrected chi connectivity index (χ4v) is 3.11. The van der Waals surface area contributed by atoms with Crippen LogP contribution in [0.15, 0.2) is 30.3 Å². The molecule has 0 amide bonds. The Bertz CT molecular complexity index is 912. The molecule has 0 aliphatic rings. The number of carbonyl (C=O) groups excluding carboxylic acids is 1. The Hall–Kier alpha value is -2.53. The SMILES string of the molecule is CCCCOC(=O)Oc1cc(C(C)(C)C)cc(C)c1-c1cc(Cl)ccc1C(=O)O. The van der Waals surface area contributed by atoms with Crippen molar-refractivity contribution in [3.8, 4) is 16.9 Å². The van der Waals surface area contributed by atoms with E-state index < -0.39 is 12.1 Å². The van der Waals surface area contributed by atoms with Gasteiger partial charge in [0.1, 0.15) is 5.75 Å². The van der Waals surface area contributed by atoms with Crippen molar-refractivity contribution in [1.82, 2.24) is 0 Å². The summed E-state index contributed by atoms with van der Waals surface area (Å²) < 4.78 is 10.7. The molecule has 0 spiro atoms. The zero-order valence-electron chi connectivity index (χ0n) is 17.5. The summed E-state index contributed by atoms with van der Waals surface area (Å²) >= 11 is 6.14. The minimum absolute atomic E-state index is 0.0743. The van der Waals surface area contributed by atoms with Gasteiger partial charge in [0, 0.05) is 16.1 Å². The number of carbonyl (C=O) groups is 2. The number of carboxylic acids is 1. The number of aromatic carboxylic acids is 1. The molecule has 0 bridgehead atoms. The predicted molar refractivity (Wildman–Crippen MR) is 114 cm³/mol. The van der Waals surface area contributed by atoms with E-state index in [1.807, 2.05) is 40.7 Å². The van der Waals surface area contributed by atoms with Gasteiger partial charge in [-0.15, -0.1) is 0 Å². The third-order valence-electron chi connectivity index (χ3n) is 4.56. The maximum atomic E-state index is 12.2. The maximum absolute atomic E-state index is 12.2. The van der Waals surface area contributed by atoms with Crippen LogP contribution in [0.1, 0.15) is 62.0 Å². The van der Waals surface area contributed by atoms with Gasteiger partial charge in [-0.05, 0) is 54.2 Å². The van der Waals surface area contributed by atoms with Crippen molar-refractivity contribution in [2.75, 3.05) is 6.61 Å². The Morgan fingerprint density at radius 2 is 1.83 bits per heavy atom. The molecule has 156 valence electrons. The van der Waals surface area contributed by atoms with Gasteiger partial charge >= 0.3 is 12.1 Å². The summed E-state index contributed by atoms with van der Waals surface area (Å²) in [6, 6.07) is 8.26. The second-order valence-corrected chi connectivity index (χ2v) is 8.40. The molecule has 2 aromatic rings. The van der Waals surface area contributed by atoms with Crippen LogP contribution < -0.4 is 4.74 Å². The molecule has 2 aromatic carbocycles. The van der Waals surface area contributed by atoms with E-state index in [0.717, 1.165) is 24.0 Å². The number of benzene rings is 2. The molecule has 0 fully saturated rings. The standard InChI is InChI=1S/C23H27ClO5/c1-6-7-10-28-22(27)29-19-12-15(23(3,4)5)11-14(2)20(19)18-13-16(24)8-9-17(18)21(25)26/h8-9,11-13H,6-7,10H2,1-5H3,(H,25,26). The molecule has 1 N–H and O–H groups in total. The van der Waals surface area contributed by atoms with Crippen molar-refractivity contribution < 1.29 is 24.2 Å². The van der Waals surface area contributed by atoms with Gasteiger partial charge < -0.3 is 14.6 Å². The lowest BCUT2D eigenvalue weighted by Gasteiger charge is -2.23. The summed E-state index contributed by atoms with van der Waals surface area (Å²) in [7, 11) is 0. The number of rotatable bonds is 6. The van der Waals surface area contributed by atoms with Crippen LogP contribution in [-0.4, -0.2) is 23.8 Å². The summed E-state index contributed by atoms with van der Waals surface area (Å²) in [4.78, 5) is 24.0. The topological polar surface area (TPSA) is 72.8 Å². The number of halogens is 1. The Balaban J connectivity index is 2.64. The van der Waals surface area contributed by atoms with Crippen LogP contribution in [0.4, 0.5) is 4.79 Å². The molecule has 5 nitrogen and oxygen atoms in total. The second kappa shape index (κ2) is 9.31. The first-order valence-electron chi connectivity index (χ1n) is 9.57. The van der Waals surface area contributed by atoms with Gasteiger partial charge in [-0.3, -0.25) is 0 Å². The molecule has 0 atom stereocenters. The van der Waals surface area contributed by atoms with E-state index in [0.29, 0.717) is 16.1 Å². The maximum Gasteiger partial charge on any atom is 0.513 e. The summed E-state index contributed by atoms with van der Waals surface area (Å²) in [6.07, 6.45) is 0.811. The summed E-state index contributed by atoms with van der Waals surface area (Å²) in [5.41, 5.74) is 2.50. The first-order chi connectivity index (χ1) is 13.5. The molecule has 0 unspecified atom stereocenters. The molecule has 0 heterocycles. The van der Waals surface area contributed by atoms with Gasteiger partial charge in [0.2, 0.25) is 0 Å². The third-order valence-corrected chi connectivity index (χ3v) is 4.79. The number of unbranched alkanes of at least 4 members (excludes halogenated alkanes) is 1. The zero-order valence-corrected chi connectivity index (χ0v) is 18.2. The smallest absolute Gasteiger partial charge is 0.478 e. The lowest BCUT2D eigenvalue weighted by atomic mass is 9.83. The van der Waals surface area contributed by atoms with Crippen LogP contribution in [0.25, 0.3) is 11.1 Å². The summed E-state index contributed by atoms with van der Waals surface area (Å²) in [5, 5.41) is 10.0. The Morgan fingerprint density at radius 1 is 1.14 bits per heavy atom.